The van der Waals surface area contributed by atoms with Crippen LogP contribution < -0.4 is 10.1 Å². The van der Waals surface area contributed by atoms with Gasteiger partial charge in [-0.1, -0.05) is 25.0 Å². The van der Waals surface area contributed by atoms with Crippen LogP contribution in [0.3, 0.4) is 0 Å². The van der Waals surface area contributed by atoms with Gasteiger partial charge in [-0.2, -0.15) is 0 Å². The minimum absolute atomic E-state index is 0.313. The van der Waals surface area contributed by atoms with Crippen molar-refractivity contribution in [1.82, 2.24) is 5.32 Å². The molecule has 3 heteroatoms. The molecule has 0 aliphatic rings. The Hall–Kier alpha value is -1.06. The van der Waals surface area contributed by atoms with Crippen LogP contribution in [0.1, 0.15) is 44.2 Å². The summed E-state index contributed by atoms with van der Waals surface area (Å²) in [5, 5.41) is 12.2. The number of ether oxygens (including phenoxy) is 1. The zero-order valence-corrected chi connectivity index (χ0v) is 11.5. The third-order valence-corrected chi connectivity index (χ3v) is 3.13. The standard InChI is InChI=1S/C15H25NO2/c1-13(16-10-5-3-4-6-11-17)14-8-7-9-15(12-14)18-2/h7-9,12-13,16-17H,3-6,10-11H2,1-2H3/t13-/m1/s1. The van der Waals surface area contributed by atoms with E-state index in [1.54, 1.807) is 7.11 Å². The van der Waals surface area contributed by atoms with Crippen molar-refractivity contribution >= 4 is 0 Å². The van der Waals surface area contributed by atoms with Crippen LogP contribution in [0.5, 0.6) is 5.75 Å². The Morgan fingerprint density at radius 2 is 2.00 bits per heavy atom. The molecule has 0 aliphatic heterocycles. The fraction of sp³-hybridized carbons (Fsp3) is 0.600. The average molecular weight is 251 g/mol. The molecular weight excluding hydrogens is 226 g/mol. The molecule has 0 saturated carbocycles. The molecule has 0 unspecified atom stereocenters. The summed E-state index contributed by atoms with van der Waals surface area (Å²) in [5.41, 5.74) is 1.25. The fourth-order valence-electron chi connectivity index (χ4n) is 1.94. The lowest BCUT2D eigenvalue weighted by molar-refractivity contribution is 0.282. The predicted octanol–water partition coefficient (Wildman–Crippen LogP) is 2.90. The van der Waals surface area contributed by atoms with Crippen molar-refractivity contribution in [2.45, 2.75) is 38.6 Å². The quantitative estimate of drug-likeness (QED) is 0.663. The van der Waals surface area contributed by atoms with E-state index < -0.39 is 0 Å². The van der Waals surface area contributed by atoms with Gasteiger partial charge in [0.05, 0.1) is 7.11 Å². The summed E-state index contributed by atoms with van der Waals surface area (Å²) in [4.78, 5) is 0. The topological polar surface area (TPSA) is 41.5 Å². The number of methoxy groups -OCH3 is 1. The normalized spacial score (nSPS) is 12.4. The molecule has 18 heavy (non-hydrogen) atoms. The Morgan fingerprint density at radius 3 is 2.72 bits per heavy atom. The Labute approximate surface area is 110 Å². The molecule has 1 rings (SSSR count). The highest BCUT2D eigenvalue weighted by molar-refractivity contribution is 5.30. The molecule has 0 spiro atoms. The maximum absolute atomic E-state index is 8.68. The molecule has 0 bridgehead atoms. The van der Waals surface area contributed by atoms with E-state index in [-0.39, 0.29) is 0 Å². The molecule has 0 aromatic heterocycles. The second-order valence-corrected chi connectivity index (χ2v) is 4.59. The highest BCUT2D eigenvalue weighted by Crippen LogP contribution is 2.18. The molecule has 1 aromatic carbocycles. The number of benzene rings is 1. The minimum atomic E-state index is 0.313. The van der Waals surface area contributed by atoms with Crippen molar-refractivity contribution in [3.8, 4) is 5.75 Å². The lowest BCUT2D eigenvalue weighted by atomic mass is 10.1. The lowest BCUT2D eigenvalue weighted by Crippen LogP contribution is -2.19. The molecule has 102 valence electrons. The van der Waals surface area contributed by atoms with Gasteiger partial charge in [0.1, 0.15) is 5.75 Å². The van der Waals surface area contributed by atoms with Crippen LogP contribution in [0.4, 0.5) is 0 Å². The number of nitrogens with one attached hydrogen (secondary N) is 1. The summed E-state index contributed by atoms with van der Waals surface area (Å²) in [5.74, 6) is 0.907. The van der Waals surface area contributed by atoms with Crippen molar-refractivity contribution < 1.29 is 9.84 Å². The first-order chi connectivity index (χ1) is 8.77. The van der Waals surface area contributed by atoms with Gasteiger partial charge in [0, 0.05) is 12.6 Å². The number of aliphatic hydroxyl groups excluding tert-OH is 1. The summed E-state index contributed by atoms with van der Waals surface area (Å²) >= 11 is 0. The van der Waals surface area contributed by atoms with Gasteiger partial charge in [-0.15, -0.1) is 0 Å². The summed E-state index contributed by atoms with van der Waals surface area (Å²) in [7, 11) is 1.69. The molecule has 0 heterocycles. The van der Waals surface area contributed by atoms with Crippen LogP contribution in [0, 0.1) is 0 Å². The maximum Gasteiger partial charge on any atom is 0.119 e. The van der Waals surface area contributed by atoms with E-state index in [9.17, 15) is 0 Å². The monoisotopic (exact) mass is 251 g/mol. The summed E-state index contributed by atoms with van der Waals surface area (Å²) in [6.45, 7) is 3.50. The first kappa shape index (κ1) is 15.0. The summed E-state index contributed by atoms with van der Waals surface area (Å²) in [6.07, 6.45) is 4.38. The SMILES string of the molecule is COc1cccc([C@@H](C)NCCCCCCO)c1. The van der Waals surface area contributed by atoms with Gasteiger partial charge in [-0.25, -0.2) is 0 Å². The molecule has 0 saturated heterocycles. The molecule has 1 aromatic rings. The molecular formula is C15H25NO2. The van der Waals surface area contributed by atoms with Gasteiger partial charge < -0.3 is 15.2 Å². The number of rotatable bonds is 9. The molecule has 0 fully saturated rings. The first-order valence-electron chi connectivity index (χ1n) is 6.76. The Balaban J connectivity index is 2.25. The van der Waals surface area contributed by atoms with Gasteiger partial charge in [0.2, 0.25) is 0 Å². The van der Waals surface area contributed by atoms with Crippen LogP contribution in [0.15, 0.2) is 24.3 Å². The van der Waals surface area contributed by atoms with Gasteiger partial charge >= 0.3 is 0 Å². The Morgan fingerprint density at radius 1 is 1.22 bits per heavy atom. The highest BCUT2D eigenvalue weighted by Gasteiger charge is 2.04. The van der Waals surface area contributed by atoms with Crippen molar-refractivity contribution in [2.75, 3.05) is 20.3 Å². The van der Waals surface area contributed by atoms with Crippen molar-refractivity contribution in [3.05, 3.63) is 29.8 Å². The van der Waals surface area contributed by atoms with Gasteiger partial charge in [-0.3, -0.25) is 0 Å². The van der Waals surface area contributed by atoms with Crippen molar-refractivity contribution in [1.29, 1.82) is 0 Å². The molecule has 0 radical (unpaired) electrons. The van der Waals surface area contributed by atoms with Crippen molar-refractivity contribution in [2.24, 2.45) is 0 Å². The first-order valence-corrected chi connectivity index (χ1v) is 6.76. The van der Waals surface area contributed by atoms with Gasteiger partial charge in [-0.05, 0) is 44.0 Å². The molecule has 3 nitrogen and oxygen atoms in total. The Bertz CT molecular complexity index is 328. The maximum atomic E-state index is 8.68. The zero-order chi connectivity index (χ0) is 13.2. The minimum Gasteiger partial charge on any atom is -0.497 e. The van der Waals surface area contributed by atoms with Crippen LogP contribution in [-0.4, -0.2) is 25.4 Å². The highest BCUT2D eigenvalue weighted by atomic mass is 16.5. The third kappa shape index (κ3) is 5.52. The van der Waals surface area contributed by atoms with E-state index in [4.69, 9.17) is 9.84 Å². The van der Waals surface area contributed by atoms with Crippen molar-refractivity contribution in [3.63, 3.8) is 0 Å². The van der Waals surface area contributed by atoms with E-state index in [2.05, 4.69) is 24.4 Å². The molecule has 2 N–H and O–H groups in total. The number of unbranched alkanes of at least 4 members (excludes halogenated alkanes) is 3. The van der Waals surface area contributed by atoms with Crippen LogP contribution in [0.25, 0.3) is 0 Å². The summed E-state index contributed by atoms with van der Waals surface area (Å²) in [6, 6.07) is 8.52. The Kier molecular flexibility index (Phi) is 7.46. The van der Waals surface area contributed by atoms with Gasteiger partial charge in [0.15, 0.2) is 0 Å². The molecule has 1 atom stereocenters. The van der Waals surface area contributed by atoms with E-state index in [1.807, 2.05) is 12.1 Å². The number of hydrogen-bond acceptors (Lipinski definition) is 3. The average Bonchev–Trinajstić information content (AvgIpc) is 2.42. The fourth-order valence-corrected chi connectivity index (χ4v) is 1.94. The third-order valence-electron chi connectivity index (χ3n) is 3.13. The number of hydrogen-bond donors (Lipinski definition) is 2. The van der Waals surface area contributed by atoms with E-state index in [0.29, 0.717) is 12.6 Å². The van der Waals surface area contributed by atoms with E-state index in [0.717, 1.165) is 31.6 Å². The zero-order valence-electron chi connectivity index (χ0n) is 11.5. The smallest absolute Gasteiger partial charge is 0.119 e. The number of aliphatic hydroxyl groups is 1. The molecule has 0 aliphatic carbocycles. The summed E-state index contributed by atoms with van der Waals surface area (Å²) < 4.78 is 5.22. The predicted molar refractivity (Wildman–Crippen MR) is 75.0 cm³/mol. The van der Waals surface area contributed by atoms with Crippen LogP contribution in [-0.2, 0) is 0 Å². The lowest BCUT2D eigenvalue weighted by Gasteiger charge is -2.15. The largest absolute Gasteiger partial charge is 0.497 e. The van der Waals surface area contributed by atoms with Gasteiger partial charge in [0.25, 0.3) is 0 Å². The van der Waals surface area contributed by atoms with E-state index in [1.165, 1.54) is 12.0 Å². The second kappa shape index (κ2) is 8.95. The second-order valence-electron chi connectivity index (χ2n) is 4.59. The molecule has 0 amide bonds. The van der Waals surface area contributed by atoms with E-state index >= 15 is 0 Å². The van der Waals surface area contributed by atoms with Crippen LogP contribution in [0.2, 0.25) is 0 Å². The van der Waals surface area contributed by atoms with Crippen LogP contribution >= 0.6 is 0 Å².